The highest BCUT2D eigenvalue weighted by Crippen LogP contribution is 2.33. The van der Waals surface area contributed by atoms with Gasteiger partial charge in [0.25, 0.3) is 0 Å². The van der Waals surface area contributed by atoms with Crippen LogP contribution in [0.15, 0.2) is 29.3 Å². The van der Waals surface area contributed by atoms with Gasteiger partial charge >= 0.3 is 0 Å². The first-order valence-corrected chi connectivity index (χ1v) is 11.5. The number of nitrogens with zero attached hydrogens (tertiary/aromatic N) is 2. The molecule has 2 saturated heterocycles. The summed E-state index contributed by atoms with van der Waals surface area (Å²) in [4.78, 5) is 6.83. The smallest absolute Gasteiger partial charge is 0.191 e. The molecule has 2 fully saturated rings. The van der Waals surface area contributed by atoms with Gasteiger partial charge in [-0.25, -0.2) is 4.39 Å². The van der Waals surface area contributed by atoms with Crippen molar-refractivity contribution in [1.29, 1.82) is 0 Å². The summed E-state index contributed by atoms with van der Waals surface area (Å²) in [5, 5.41) is 7.01. The van der Waals surface area contributed by atoms with Gasteiger partial charge in [0.2, 0.25) is 0 Å². The summed E-state index contributed by atoms with van der Waals surface area (Å²) in [6.45, 7) is 12.3. The Morgan fingerprint density at radius 2 is 1.84 bits per heavy atom. The second-order valence-corrected chi connectivity index (χ2v) is 9.61. The molecule has 3 unspecified atom stereocenters. The molecule has 2 aliphatic heterocycles. The lowest BCUT2D eigenvalue weighted by Gasteiger charge is -2.40. The molecular weight excluding hydrogens is 522 g/mol. The van der Waals surface area contributed by atoms with Crippen molar-refractivity contribution in [1.82, 2.24) is 15.5 Å². The average Bonchev–Trinajstić information content (AvgIpc) is 2.77. The third-order valence-corrected chi connectivity index (χ3v) is 6.26. The minimum atomic E-state index is -0.210. The van der Waals surface area contributed by atoms with Crippen molar-refractivity contribution in [3.63, 3.8) is 0 Å². The minimum absolute atomic E-state index is 0. The molecule has 3 atom stereocenters. The number of aliphatic imine (C=N–C) groups is 1. The molecule has 0 saturated carbocycles. The maximum atomic E-state index is 13.5. The number of rotatable bonds is 6. The first-order chi connectivity index (χ1) is 14.9. The van der Waals surface area contributed by atoms with Crippen molar-refractivity contribution in [3.05, 3.63) is 35.6 Å². The van der Waals surface area contributed by atoms with Gasteiger partial charge in [0.1, 0.15) is 5.82 Å². The summed E-state index contributed by atoms with van der Waals surface area (Å²) < 4.78 is 25.1. The van der Waals surface area contributed by atoms with E-state index in [-0.39, 0.29) is 47.4 Å². The fraction of sp³-hybridized carbons (Fsp3) is 0.708. The van der Waals surface area contributed by atoms with E-state index in [9.17, 15) is 4.39 Å². The molecule has 2 heterocycles. The lowest BCUT2D eigenvalue weighted by atomic mass is 9.78. The molecule has 2 aliphatic rings. The van der Waals surface area contributed by atoms with Gasteiger partial charge in [0.05, 0.1) is 25.4 Å². The number of hydrogen-bond acceptors (Lipinski definition) is 4. The third-order valence-electron chi connectivity index (χ3n) is 6.26. The Morgan fingerprint density at radius 3 is 2.47 bits per heavy atom. The minimum Gasteiger partial charge on any atom is -0.379 e. The molecule has 8 heteroatoms. The van der Waals surface area contributed by atoms with Crippen molar-refractivity contribution in [3.8, 4) is 0 Å². The van der Waals surface area contributed by atoms with E-state index in [1.165, 1.54) is 12.1 Å². The van der Waals surface area contributed by atoms with Crippen LogP contribution in [0.5, 0.6) is 0 Å². The Labute approximate surface area is 209 Å². The second-order valence-electron chi connectivity index (χ2n) is 9.61. The van der Waals surface area contributed by atoms with Gasteiger partial charge in [-0.2, -0.15) is 0 Å². The van der Waals surface area contributed by atoms with Gasteiger partial charge in [-0.05, 0) is 36.0 Å². The highest BCUT2D eigenvalue weighted by Gasteiger charge is 2.35. The van der Waals surface area contributed by atoms with Gasteiger partial charge in [0, 0.05) is 45.8 Å². The Balaban J connectivity index is 0.00000363. The van der Waals surface area contributed by atoms with E-state index in [1.54, 1.807) is 7.05 Å². The van der Waals surface area contributed by atoms with E-state index < -0.39 is 0 Å². The summed E-state index contributed by atoms with van der Waals surface area (Å²) in [6, 6.07) is 6.95. The van der Waals surface area contributed by atoms with E-state index >= 15 is 0 Å². The van der Waals surface area contributed by atoms with E-state index in [4.69, 9.17) is 9.47 Å². The Hall–Kier alpha value is -0.970. The summed E-state index contributed by atoms with van der Waals surface area (Å²) in [6.07, 6.45) is 2.51. The molecule has 1 aromatic carbocycles. The number of nitrogens with one attached hydrogen (secondary N) is 2. The predicted molar refractivity (Wildman–Crippen MR) is 138 cm³/mol. The highest BCUT2D eigenvalue weighted by atomic mass is 127. The maximum Gasteiger partial charge on any atom is 0.191 e. The van der Waals surface area contributed by atoms with Crippen molar-refractivity contribution >= 4 is 29.9 Å². The van der Waals surface area contributed by atoms with Crippen LogP contribution in [0.4, 0.5) is 4.39 Å². The molecule has 182 valence electrons. The normalized spacial score (nSPS) is 23.8. The monoisotopic (exact) mass is 562 g/mol. The molecule has 0 radical (unpaired) electrons. The summed E-state index contributed by atoms with van der Waals surface area (Å²) in [5.41, 5.74) is 1.22. The number of halogens is 2. The molecule has 1 aromatic rings. The SMILES string of the molecule is CN=C(NCC1CCCOC1C(C)(C)C)NCC(c1ccc(F)cc1)N1CCOCC1.I. The van der Waals surface area contributed by atoms with E-state index in [0.29, 0.717) is 12.5 Å². The van der Waals surface area contributed by atoms with Crippen LogP contribution in [0.2, 0.25) is 0 Å². The zero-order valence-corrected chi connectivity index (χ0v) is 22.2. The molecule has 6 nitrogen and oxygen atoms in total. The van der Waals surface area contributed by atoms with E-state index in [0.717, 1.165) is 63.8 Å². The van der Waals surface area contributed by atoms with Crippen molar-refractivity contribution in [2.24, 2.45) is 16.3 Å². The van der Waals surface area contributed by atoms with Crippen LogP contribution in [0.1, 0.15) is 45.2 Å². The van der Waals surface area contributed by atoms with Gasteiger partial charge in [-0.15, -0.1) is 24.0 Å². The number of hydrogen-bond donors (Lipinski definition) is 2. The fourth-order valence-corrected chi connectivity index (χ4v) is 4.68. The van der Waals surface area contributed by atoms with E-state index in [2.05, 4.69) is 41.3 Å². The second kappa shape index (κ2) is 13.1. The predicted octanol–water partition coefficient (Wildman–Crippen LogP) is 3.82. The quantitative estimate of drug-likeness (QED) is 0.314. The van der Waals surface area contributed by atoms with Gasteiger partial charge in [-0.1, -0.05) is 32.9 Å². The molecule has 0 aromatic heterocycles. The van der Waals surface area contributed by atoms with Gasteiger partial charge < -0.3 is 20.1 Å². The highest BCUT2D eigenvalue weighted by molar-refractivity contribution is 14.0. The molecular formula is C24H40FIN4O2. The maximum absolute atomic E-state index is 13.5. The number of guanidine groups is 1. The zero-order valence-electron chi connectivity index (χ0n) is 19.9. The summed E-state index contributed by atoms with van der Waals surface area (Å²) >= 11 is 0. The molecule has 0 aliphatic carbocycles. The Morgan fingerprint density at radius 1 is 1.16 bits per heavy atom. The fourth-order valence-electron chi connectivity index (χ4n) is 4.68. The number of benzene rings is 1. The van der Waals surface area contributed by atoms with Crippen LogP contribution in [0, 0.1) is 17.2 Å². The van der Waals surface area contributed by atoms with Crippen LogP contribution in [0.3, 0.4) is 0 Å². The molecule has 0 bridgehead atoms. The topological polar surface area (TPSA) is 58.1 Å². The molecule has 3 rings (SSSR count). The molecule has 0 spiro atoms. The van der Waals surface area contributed by atoms with Crippen LogP contribution in [0.25, 0.3) is 0 Å². The van der Waals surface area contributed by atoms with E-state index in [1.807, 2.05) is 12.1 Å². The van der Waals surface area contributed by atoms with Crippen molar-refractivity contribution < 1.29 is 13.9 Å². The summed E-state index contributed by atoms with van der Waals surface area (Å²) in [7, 11) is 1.80. The van der Waals surface area contributed by atoms with Gasteiger partial charge in [-0.3, -0.25) is 9.89 Å². The van der Waals surface area contributed by atoms with Gasteiger partial charge in [0.15, 0.2) is 5.96 Å². The number of ether oxygens (including phenoxy) is 2. The first kappa shape index (κ1) is 27.3. The largest absolute Gasteiger partial charge is 0.379 e. The molecule has 0 amide bonds. The standard InChI is InChI=1S/C24H39FN4O2.HI/c1-24(2,3)22-19(6-5-13-31-22)16-27-23(26-4)28-17-21(29-11-14-30-15-12-29)18-7-9-20(25)10-8-18;/h7-10,19,21-22H,5-6,11-17H2,1-4H3,(H2,26,27,28);1H. The van der Waals surface area contributed by atoms with Crippen molar-refractivity contribution in [2.75, 3.05) is 53.0 Å². The lowest BCUT2D eigenvalue weighted by Crippen LogP contribution is -2.49. The molecule has 32 heavy (non-hydrogen) atoms. The Bertz CT molecular complexity index is 705. The zero-order chi connectivity index (χ0) is 22.3. The lowest BCUT2D eigenvalue weighted by molar-refractivity contribution is -0.0835. The van der Waals surface area contributed by atoms with Crippen LogP contribution in [-0.4, -0.2) is 70.0 Å². The molecule has 2 N–H and O–H groups in total. The van der Waals surface area contributed by atoms with Crippen LogP contribution >= 0.6 is 24.0 Å². The van der Waals surface area contributed by atoms with Crippen LogP contribution < -0.4 is 10.6 Å². The average molecular weight is 563 g/mol. The summed E-state index contributed by atoms with van der Waals surface area (Å²) in [5.74, 6) is 1.04. The van der Waals surface area contributed by atoms with Crippen molar-refractivity contribution in [2.45, 2.75) is 45.8 Å². The van der Waals surface area contributed by atoms with Crippen LogP contribution in [-0.2, 0) is 9.47 Å². The first-order valence-electron chi connectivity index (χ1n) is 11.5. The Kier molecular flexibility index (Phi) is 11.1. The number of morpholine rings is 1. The third kappa shape index (κ3) is 7.81.